The Morgan fingerprint density at radius 2 is 2.29 bits per heavy atom. The lowest BCUT2D eigenvalue weighted by Crippen LogP contribution is -2.25. The normalized spacial score (nSPS) is 11.6. The highest BCUT2D eigenvalue weighted by Crippen LogP contribution is 2.23. The lowest BCUT2D eigenvalue weighted by Gasteiger charge is -2.22. The van der Waals surface area contributed by atoms with E-state index in [4.69, 9.17) is 15.2 Å². The summed E-state index contributed by atoms with van der Waals surface area (Å²) in [5, 5.41) is 1.29. The molecule has 2 N–H and O–H groups in total. The Morgan fingerprint density at radius 3 is 2.79 bits per heavy atom. The van der Waals surface area contributed by atoms with Gasteiger partial charge in [0.2, 0.25) is 0 Å². The third-order valence-corrected chi connectivity index (χ3v) is 2.72. The lowest BCUT2D eigenvalue weighted by atomic mass is 10.1. The van der Waals surface area contributed by atoms with Crippen LogP contribution in [0.2, 0.25) is 0 Å². The second-order valence-electron chi connectivity index (χ2n) is 3.59. The molecule has 0 aliphatic heterocycles. The van der Waals surface area contributed by atoms with Gasteiger partial charge in [0.1, 0.15) is 5.00 Å². The zero-order valence-electron chi connectivity index (χ0n) is 8.74. The van der Waals surface area contributed by atoms with Crippen LogP contribution >= 0.6 is 11.3 Å². The number of methoxy groups -OCH3 is 1. The van der Waals surface area contributed by atoms with E-state index in [0.29, 0.717) is 16.8 Å². The van der Waals surface area contributed by atoms with E-state index in [-0.39, 0.29) is 5.60 Å². The van der Waals surface area contributed by atoms with E-state index < -0.39 is 0 Å². The minimum atomic E-state index is -0.150. The van der Waals surface area contributed by atoms with Crippen LogP contribution in [0, 0.1) is 0 Å². The Labute approximate surface area is 88.0 Å². The van der Waals surface area contributed by atoms with E-state index in [2.05, 4.69) is 4.98 Å². The number of anilines is 1. The van der Waals surface area contributed by atoms with Crippen LogP contribution in [-0.2, 0) is 4.74 Å². The second-order valence-corrected chi connectivity index (χ2v) is 4.62. The summed E-state index contributed by atoms with van der Waals surface area (Å²) in [6, 6.07) is 0. The highest BCUT2D eigenvalue weighted by atomic mass is 32.1. The summed E-state index contributed by atoms with van der Waals surface area (Å²) in [7, 11) is 1.70. The maximum atomic E-state index is 5.51. The first kappa shape index (κ1) is 11.3. The number of aromatic nitrogens is 1. The van der Waals surface area contributed by atoms with E-state index in [1.54, 1.807) is 13.3 Å². The van der Waals surface area contributed by atoms with Crippen LogP contribution in [0.3, 0.4) is 0 Å². The molecule has 0 fully saturated rings. The molecule has 0 saturated heterocycles. The van der Waals surface area contributed by atoms with Crippen molar-refractivity contribution in [2.45, 2.75) is 25.9 Å². The van der Waals surface area contributed by atoms with Gasteiger partial charge >= 0.3 is 0 Å². The van der Waals surface area contributed by atoms with E-state index >= 15 is 0 Å². The molecule has 14 heavy (non-hydrogen) atoms. The van der Waals surface area contributed by atoms with Crippen LogP contribution in [0.1, 0.15) is 20.3 Å². The number of nitrogens with two attached hydrogens (primary N) is 1. The summed E-state index contributed by atoms with van der Waals surface area (Å²) in [4.78, 5) is 3.99. The first-order valence-corrected chi connectivity index (χ1v) is 5.24. The zero-order valence-corrected chi connectivity index (χ0v) is 9.56. The number of ether oxygens (including phenoxy) is 2. The average Bonchev–Trinajstić information content (AvgIpc) is 2.51. The fourth-order valence-corrected chi connectivity index (χ4v) is 1.38. The van der Waals surface area contributed by atoms with Gasteiger partial charge in [-0.05, 0) is 13.8 Å². The predicted molar refractivity (Wildman–Crippen MR) is 57.7 cm³/mol. The van der Waals surface area contributed by atoms with Crippen molar-refractivity contribution < 1.29 is 9.47 Å². The van der Waals surface area contributed by atoms with Gasteiger partial charge in [-0.2, -0.15) is 0 Å². The molecule has 4 nitrogen and oxygen atoms in total. The molecular formula is C9H16N2O2S. The summed E-state index contributed by atoms with van der Waals surface area (Å²) < 4.78 is 10.7. The molecule has 1 aromatic rings. The smallest absolute Gasteiger partial charge is 0.275 e. The first-order valence-electron chi connectivity index (χ1n) is 4.43. The van der Waals surface area contributed by atoms with Gasteiger partial charge in [-0.3, -0.25) is 0 Å². The summed E-state index contributed by atoms with van der Waals surface area (Å²) in [5.41, 5.74) is 5.36. The Balaban J connectivity index is 2.28. The molecule has 0 amide bonds. The summed E-state index contributed by atoms with van der Waals surface area (Å²) in [6.45, 7) is 4.63. The van der Waals surface area contributed by atoms with E-state index in [0.717, 1.165) is 6.42 Å². The summed E-state index contributed by atoms with van der Waals surface area (Å²) >= 11 is 1.35. The third-order valence-electron chi connectivity index (χ3n) is 1.98. The second kappa shape index (κ2) is 4.61. The molecule has 0 saturated carbocycles. The van der Waals surface area contributed by atoms with Crippen LogP contribution < -0.4 is 10.5 Å². The minimum absolute atomic E-state index is 0.150. The molecule has 1 heterocycles. The third kappa shape index (κ3) is 3.51. The Kier molecular flexibility index (Phi) is 3.71. The minimum Gasteiger partial charge on any atom is -0.470 e. The van der Waals surface area contributed by atoms with E-state index in [1.807, 2.05) is 13.8 Å². The number of rotatable bonds is 5. The Bertz CT molecular complexity index is 286. The highest BCUT2D eigenvalue weighted by molar-refractivity contribution is 7.17. The predicted octanol–water partition coefficient (Wildman–Crippen LogP) is 1.92. The Hall–Kier alpha value is -0.810. The number of hydrogen-bond donors (Lipinski definition) is 1. The molecule has 1 aromatic heterocycles. The van der Waals surface area contributed by atoms with Crippen molar-refractivity contribution in [3.63, 3.8) is 0 Å². The number of hydrogen-bond acceptors (Lipinski definition) is 5. The molecule has 80 valence electrons. The quantitative estimate of drug-likeness (QED) is 0.817. The van der Waals surface area contributed by atoms with Crippen LogP contribution in [0.5, 0.6) is 5.19 Å². The van der Waals surface area contributed by atoms with Crippen LogP contribution in [0.15, 0.2) is 6.20 Å². The molecule has 0 unspecified atom stereocenters. The fourth-order valence-electron chi connectivity index (χ4n) is 0.823. The van der Waals surface area contributed by atoms with Crippen molar-refractivity contribution in [2.75, 3.05) is 19.5 Å². The number of nitrogen functional groups attached to an aromatic ring is 1. The molecule has 1 rings (SSSR count). The van der Waals surface area contributed by atoms with Gasteiger partial charge in [0.15, 0.2) is 0 Å². The van der Waals surface area contributed by atoms with Crippen molar-refractivity contribution in [1.29, 1.82) is 0 Å². The topological polar surface area (TPSA) is 57.4 Å². The van der Waals surface area contributed by atoms with Crippen molar-refractivity contribution in [3.05, 3.63) is 6.20 Å². The molecule has 0 spiro atoms. The maximum Gasteiger partial charge on any atom is 0.275 e. The summed E-state index contributed by atoms with van der Waals surface area (Å²) in [6.07, 6.45) is 2.42. The van der Waals surface area contributed by atoms with E-state index in [9.17, 15) is 0 Å². The standard InChI is InChI=1S/C9H16N2O2S/c1-9(2,12-3)4-5-13-8-11-6-7(10)14-8/h6H,4-5,10H2,1-3H3. The molecule has 0 radical (unpaired) electrons. The number of thiazole rings is 1. The highest BCUT2D eigenvalue weighted by Gasteiger charge is 2.16. The molecule has 0 bridgehead atoms. The van der Waals surface area contributed by atoms with Gasteiger partial charge in [0.05, 0.1) is 18.4 Å². The van der Waals surface area contributed by atoms with Gasteiger partial charge in [0.25, 0.3) is 5.19 Å². The van der Waals surface area contributed by atoms with Crippen LogP contribution in [0.4, 0.5) is 5.00 Å². The Morgan fingerprint density at radius 1 is 1.57 bits per heavy atom. The number of nitrogens with zero attached hydrogens (tertiary/aromatic N) is 1. The van der Waals surface area contributed by atoms with E-state index in [1.165, 1.54) is 11.3 Å². The molecule has 0 aromatic carbocycles. The van der Waals surface area contributed by atoms with Gasteiger partial charge in [-0.25, -0.2) is 4.98 Å². The molecule has 5 heteroatoms. The largest absolute Gasteiger partial charge is 0.470 e. The van der Waals surface area contributed by atoms with Crippen LogP contribution in [0.25, 0.3) is 0 Å². The fraction of sp³-hybridized carbons (Fsp3) is 0.667. The molecule has 0 atom stereocenters. The van der Waals surface area contributed by atoms with Crippen molar-refractivity contribution in [3.8, 4) is 5.19 Å². The van der Waals surface area contributed by atoms with Crippen molar-refractivity contribution >= 4 is 16.3 Å². The van der Waals surface area contributed by atoms with Gasteiger partial charge in [-0.15, -0.1) is 0 Å². The first-order chi connectivity index (χ1) is 6.53. The molecule has 0 aliphatic carbocycles. The van der Waals surface area contributed by atoms with Crippen LogP contribution in [-0.4, -0.2) is 24.3 Å². The summed E-state index contributed by atoms with van der Waals surface area (Å²) in [5.74, 6) is 0. The monoisotopic (exact) mass is 216 g/mol. The zero-order chi connectivity index (χ0) is 10.6. The van der Waals surface area contributed by atoms with Crippen molar-refractivity contribution in [1.82, 2.24) is 4.98 Å². The average molecular weight is 216 g/mol. The SMILES string of the molecule is COC(C)(C)CCOc1ncc(N)s1. The van der Waals surface area contributed by atoms with Gasteiger partial charge in [-0.1, -0.05) is 11.3 Å². The van der Waals surface area contributed by atoms with Gasteiger partial charge in [0, 0.05) is 13.5 Å². The van der Waals surface area contributed by atoms with Crippen molar-refractivity contribution in [2.24, 2.45) is 0 Å². The lowest BCUT2D eigenvalue weighted by molar-refractivity contribution is 0.00544. The van der Waals surface area contributed by atoms with Gasteiger partial charge < -0.3 is 15.2 Å². The molecular weight excluding hydrogens is 200 g/mol. The maximum absolute atomic E-state index is 5.51. The molecule has 0 aliphatic rings.